The zero-order valence-electron chi connectivity index (χ0n) is 6.57. The van der Waals surface area contributed by atoms with Gasteiger partial charge in [0.15, 0.2) is 0 Å². The fraction of sp³-hybridized carbons (Fsp3) is 0.250. The van der Waals surface area contributed by atoms with E-state index in [1.807, 2.05) is 0 Å². The van der Waals surface area contributed by atoms with Crippen molar-refractivity contribution in [1.29, 1.82) is 0 Å². The molecule has 11 heavy (non-hydrogen) atoms. The summed E-state index contributed by atoms with van der Waals surface area (Å²) in [4.78, 5) is 22.2. The molecule has 1 unspecified atom stereocenters. The maximum Gasteiger partial charge on any atom is 0.350 e. The van der Waals surface area contributed by atoms with Gasteiger partial charge in [-0.2, -0.15) is 4.48 Å². The Kier molecular flexibility index (Phi) is 1.74. The molecule has 58 valence electrons. The van der Waals surface area contributed by atoms with E-state index >= 15 is 0 Å². The van der Waals surface area contributed by atoms with E-state index in [9.17, 15) is 9.59 Å². The molecule has 1 aliphatic rings. The molecule has 0 aromatic carbocycles. The zero-order chi connectivity index (χ0) is 8.48. The summed E-state index contributed by atoms with van der Waals surface area (Å²) >= 11 is 0. The Morgan fingerprint density at radius 2 is 2.09 bits per heavy atom. The molecule has 1 atom stereocenters. The van der Waals surface area contributed by atoms with Crippen LogP contribution in [0, 0.1) is 0 Å². The Balaban J connectivity index is 3.04. The van der Waals surface area contributed by atoms with Crippen molar-refractivity contribution in [2.45, 2.75) is 6.92 Å². The second kappa shape index (κ2) is 2.43. The van der Waals surface area contributed by atoms with Crippen molar-refractivity contribution in [3.05, 3.63) is 24.4 Å². The maximum atomic E-state index is 11.2. The molecule has 0 saturated heterocycles. The van der Waals surface area contributed by atoms with Gasteiger partial charge >= 0.3 is 11.8 Å². The number of amides is 2. The lowest BCUT2D eigenvalue weighted by Gasteiger charge is -2.22. The molecule has 0 fully saturated rings. The summed E-state index contributed by atoms with van der Waals surface area (Å²) in [6, 6.07) is 0. The summed E-state index contributed by atoms with van der Waals surface area (Å²) in [7, 11) is 1.57. The number of imide groups is 1. The van der Waals surface area contributed by atoms with Crippen LogP contribution in [0.2, 0.25) is 0 Å². The van der Waals surface area contributed by atoms with Gasteiger partial charge < -0.3 is 0 Å². The van der Waals surface area contributed by atoms with Gasteiger partial charge in [0.05, 0.1) is 14.0 Å². The van der Waals surface area contributed by atoms with E-state index in [2.05, 4.69) is 0 Å². The Hall–Kier alpha value is -1.22. The molecule has 3 nitrogen and oxygen atoms in total. The van der Waals surface area contributed by atoms with E-state index in [-0.39, 0.29) is 16.3 Å². The van der Waals surface area contributed by atoms with Crippen LogP contribution in [0.15, 0.2) is 24.4 Å². The van der Waals surface area contributed by atoms with E-state index in [1.54, 1.807) is 25.4 Å². The highest BCUT2D eigenvalue weighted by molar-refractivity contribution is 5.91. The van der Waals surface area contributed by atoms with Gasteiger partial charge in [-0.3, -0.25) is 0 Å². The molecule has 1 rings (SSSR count). The quantitative estimate of drug-likeness (QED) is 0.476. The molecule has 2 amide bonds. The predicted molar refractivity (Wildman–Crippen MR) is 40.2 cm³/mol. The Morgan fingerprint density at radius 3 is 2.45 bits per heavy atom. The van der Waals surface area contributed by atoms with Gasteiger partial charge in [0.1, 0.15) is 6.20 Å². The van der Waals surface area contributed by atoms with E-state index in [0.717, 1.165) is 0 Å². The molecule has 1 heterocycles. The minimum absolute atomic E-state index is 0.171. The first-order valence-electron chi connectivity index (χ1n) is 3.35. The third kappa shape index (κ3) is 1.14. The maximum absolute atomic E-state index is 11.2. The second-order valence-corrected chi connectivity index (χ2v) is 2.63. The van der Waals surface area contributed by atoms with Crippen LogP contribution in [0.5, 0.6) is 0 Å². The lowest BCUT2D eigenvalue weighted by molar-refractivity contribution is -0.698. The highest BCUT2D eigenvalue weighted by Gasteiger charge is 2.34. The van der Waals surface area contributed by atoms with Crippen LogP contribution in [-0.4, -0.2) is 23.3 Å². The summed E-state index contributed by atoms with van der Waals surface area (Å²) in [6.07, 6.45) is 6.31. The Morgan fingerprint density at radius 1 is 1.45 bits per heavy atom. The summed E-state index contributed by atoms with van der Waals surface area (Å²) in [6.45, 7) is 1.40. The van der Waals surface area contributed by atoms with Crippen molar-refractivity contribution in [1.82, 2.24) is 0 Å². The molecule has 0 radical (unpaired) electrons. The molecule has 0 saturated carbocycles. The molecule has 0 aliphatic carbocycles. The number of hydrogen-bond acceptors (Lipinski definition) is 2. The van der Waals surface area contributed by atoms with Crippen LogP contribution in [0.1, 0.15) is 6.92 Å². The average molecular weight is 152 g/mol. The highest BCUT2D eigenvalue weighted by atomic mass is 16.2. The lowest BCUT2D eigenvalue weighted by Crippen LogP contribution is -2.48. The number of likely N-dealkylation sites (N-methyl/N-ethyl adjacent to an activating group) is 1. The molecule has 0 bridgehead atoms. The summed E-state index contributed by atoms with van der Waals surface area (Å²) < 4.78 is -0.253. The molecular formula is C8H10NO2+. The van der Waals surface area contributed by atoms with Gasteiger partial charge in [0, 0.05) is 6.08 Å². The van der Waals surface area contributed by atoms with Gasteiger partial charge in [0.25, 0.3) is 0 Å². The van der Waals surface area contributed by atoms with Crippen LogP contribution < -0.4 is 0 Å². The van der Waals surface area contributed by atoms with Crippen LogP contribution in [-0.2, 0) is 9.59 Å². The second-order valence-electron chi connectivity index (χ2n) is 2.63. The first kappa shape index (κ1) is 7.88. The first-order valence-corrected chi connectivity index (χ1v) is 3.35. The monoisotopic (exact) mass is 152 g/mol. The van der Waals surface area contributed by atoms with Gasteiger partial charge in [0.2, 0.25) is 0 Å². The van der Waals surface area contributed by atoms with Crippen molar-refractivity contribution < 1.29 is 14.1 Å². The molecule has 0 N–H and O–H groups in total. The first-order chi connectivity index (χ1) is 5.07. The highest BCUT2D eigenvalue weighted by Crippen LogP contribution is 2.10. The summed E-state index contributed by atoms with van der Waals surface area (Å²) in [5.41, 5.74) is 0. The minimum Gasteiger partial charge on any atom is -0.230 e. The minimum atomic E-state index is -0.253. The van der Waals surface area contributed by atoms with Crippen LogP contribution in [0.3, 0.4) is 0 Å². The van der Waals surface area contributed by atoms with Gasteiger partial charge in [-0.1, -0.05) is 0 Å². The van der Waals surface area contributed by atoms with Crippen molar-refractivity contribution in [2.24, 2.45) is 0 Å². The normalized spacial score (nSPS) is 29.1. The largest absolute Gasteiger partial charge is 0.350 e. The third-order valence-corrected chi connectivity index (χ3v) is 1.85. The van der Waals surface area contributed by atoms with E-state index in [1.165, 1.54) is 13.0 Å². The molecule has 0 spiro atoms. The van der Waals surface area contributed by atoms with Crippen molar-refractivity contribution in [3.8, 4) is 0 Å². The van der Waals surface area contributed by atoms with Crippen molar-refractivity contribution in [3.63, 3.8) is 0 Å². The van der Waals surface area contributed by atoms with Crippen LogP contribution in [0.4, 0.5) is 0 Å². The average Bonchev–Trinajstić information content (AvgIpc) is 1.95. The van der Waals surface area contributed by atoms with E-state index in [4.69, 9.17) is 0 Å². The van der Waals surface area contributed by atoms with Crippen molar-refractivity contribution >= 4 is 11.8 Å². The zero-order valence-corrected chi connectivity index (χ0v) is 6.57. The lowest BCUT2D eigenvalue weighted by atomic mass is 10.3. The number of rotatable bonds is 0. The SMILES string of the molecule is CC(=O)[N+]1(C)C=CC=CC1=O. The van der Waals surface area contributed by atoms with E-state index < -0.39 is 0 Å². The van der Waals surface area contributed by atoms with Crippen molar-refractivity contribution in [2.75, 3.05) is 7.05 Å². The molecule has 0 aromatic rings. The number of carbonyl (C=O) groups is 2. The number of nitrogens with zero attached hydrogens (tertiary/aromatic N) is 1. The van der Waals surface area contributed by atoms with Gasteiger partial charge in [-0.15, -0.1) is 0 Å². The van der Waals surface area contributed by atoms with Gasteiger partial charge in [-0.05, 0) is 12.2 Å². The van der Waals surface area contributed by atoms with Gasteiger partial charge in [-0.25, -0.2) is 9.59 Å². The molecule has 3 heteroatoms. The standard InChI is InChI=1S/C8H10NO2/c1-7(10)9(2)6-4-3-5-8(9)11/h3-6H,1-2H3/q+1. The Bertz CT molecular complexity index is 265. The molecule has 1 aliphatic heterocycles. The molecular weight excluding hydrogens is 142 g/mol. The number of carbonyl (C=O) groups excluding carboxylic acids is 2. The third-order valence-electron chi connectivity index (χ3n) is 1.85. The van der Waals surface area contributed by atoms with E-state index in [0.29, 0.717) is 0 Å². The molecule has 0 aromatic heterocycles. The fourth-order valence-corrected chi connectivity index (χ4v) is 0.848. The van der Waals surface area contributed by atoms with Crippen LogP contribution in [0.25, 0.3) is 0 Å². The summed E-state index contributed by atoms with van der Waals surface area (Å²) in [5.74, 6) is -0.365. The number of hydrogen-bond donors (Lipinski definition) is 0. The summed E-state index contributed by atoms with van der Waals surface area (Å²) in [5, 5.41) is 0. The smallest absolute Gasteiger partial charge is 0.230 e. The predicted octanol–water partition coefficient (Wildman–Crippen LogP) is 0.590. The fourth-order valence-electron chi connectivity index (χ4n) is 0.848. The van der Waals surface area contributed by atoms with Crippen LogP contribution >= 0.6 is 0 Å². The number of quaternary nitrogens is 1. The number of allylic oxidation sites excluding steroid dienone is 2. The Labute approximate surface area is 65.2 Å². The topological polar surface area (TPSA) is 34.1 Å².